The van der Waals surface area contributed by atoms with E-state index in [9.17, 15) is 9.59 Å². The molecule has 0 saturated heterocycles. The second-order valence-corrected chi connectivity index (χ2v) is 8.87. The van der Waals surface area contributed by atoms with Crippen LogP contribution in [0.2, 0.25) is 5.02 Å². The van der Waals surface area contributed by atoms with Crippen molar-refractivity contribution in [3.63, 3.8) is 0 Å². The molecule has 1 aromatic heterocycles. The number of amides is 1. The van der Waals surface area contributed by atoms with E-state index < -0.39 is 0 Å². The molecule has 0 fully saturated rings. The zero-order valence-electron chi connectivity index (χ0n) is 20.9. The van der Waals surface area contributed by atoms with E-state index in [4.69, 9.17) is 26.1 Å². The Balaban J connectivity index is 1.38. The van der Waals surface area contributed by atoms with Crippen LogP contribution in [-0.4, -0.2) is 35.5 Å². The fourth-order valence-electron chi connectivity index (χ4n) is 3.89. The van der Waals surface area contributed by atoms with Gasteiger partial charge in [-0.1, -0.05) is 54.1 Å². The third-order valence-electron chi connectivity index (χ3n) is 5.78. The average Bonchev–Trinajstić information content (AvgIpc) is 2.97. The van der Waals surface area contributed by atoms with Crippen molar-refractivity contribution in [3.05, 3.63) is 118 Å². The Hall–Kier alpha value is -4.95. The molecule has 8 nitrogen and oxygen atoms in total. The number of hydrogen-bond acceptors (Lipinski definition) is 6. The summed E-state index contributed by atoms with van der Waals surface area (Å²) in [5.74, 6) is 0.886. The number of anilines is 1. The molecular weight excluding hydrogens is 516 g/mol. The van der Waals surface area contributed by atoms with Gasteiger partial charge in [-0.05, 0) is 60.2 Å². The number of nitrogens with zero attached hydrogens (tertiary/aromatic N) is 3. The van der Waals surface area contributed by atoms with Crippen LogP contribution in [0.1, 0.15) is 5.56 Å². The number of fused-ring (bicyclic) bond motifs is 1. The van der Waals surface area contributed by atoms with Gasteiger partial charge in [-0.2, -0.15) is 9.78 Å². The molecule has 0 bridgehead atoms. The lowest BCUT2D eigenvalue weighted by Gasteiger charge is -2.12. The highest BCUT2D eigenvalue weighted by atomic mass is 35.5. The summed E-state index contributed by atoms with van der Waals surface area (Å²) in [6, 6.07) is 28.5. The van der Waals surface area contributed by atoms with E-state index in [1.807, 2.05) is 36.4 Å². The minimum Gasteiger partial charge on any atom is -0.493 e. The molecule has 9 heteroatoms. The first-order chi connectivity index (χ1) is 19.0. The number of ether oxygens (including phenoxy) is 2. The maximum absolute atomic E-state index is 13.3. The molecule has 0 spiro atoms. The summed E-state index contributed by atoms with van der Waals surface area (Å²) >= 11 is 5.88. The third-order valence-corrected chi connectivity index (χ3v) is 6.03. The van der Waals surface area contributed by atoms with Crippen molar-refractivity contribution in [1.82, 2.24) is 9.66 Å². The number of para-hydroxylation sites is 1. The summed E-state index contributed by atoms with van der Waals surface area (Å²) in [6.45, 7) is -0.217. The molecule has 5 aromatic rings. The van der Waals surface area contributed by atoms with E-state index in [2.05, 4.69) is 10.4 Å². The highest BCUT2D eigenvalue weighted by Gasteiger charge is 2.13. The maximum Gasteiger partial charge on any atom is 0.282 e. The molecule has 1 heterocycles. The Kier molecular flexibility index (Phi) is 7.65. The molecular formula is C30H23ClN4O4. The molecule has 0 atom stereocenters. The van der Waals surface area contributed by atoms with Gasteiger partial charge < -0.3 is 14.8 Å². The lowest BCUT2D eigenvalue weighted by atomic mass is 10.2. The van der Waals surface area contributed by atoms with Crippen LogP contribution >= 0.6 is 11.6 Å². The van der Waals surface area contributed by atoms with E-state index in [1.54, 1.807) is 66.9 Å². The topological polar surface area (TPSA) is 94.8 Å². The van der Waals surface area contributed by atoms with Crippen molar-refractivity contribution in [1.29, 1.82) is 0 Å². The van der Waals surface area contributed by atoms with Gasteiger partial charge in [0.2, 0.25) is 0 Å². The van der Waals surface area contributed by atoms with Crippen LogP contribution < -0.4 is 20.3 Å². The monoisotopic (exact) mass is 538 g/mol. The minimum absolute atomic E-state index is 0.217. The number of aromatic nitrogens is 2. The first-order valence-electron chi connectivity index (χ1n) is 12.0. The number of halogens is 1. The summed E-state index contributed by atoms with van der Waals surface area (Å²) in [4.78, 5) is 30.3. The molecule has 1 N–H and O–H groups in total. The zero-order chi connectivity index (χ0) is 27.2. The number of rotatable bonds is 8. The van der Waals surface area contributed by atoms with Crippen LogP contribution in [0.25, 0.3) is 22.3 Å². The highest BCUT2D eigenvalue weighted by Crippen LogP contribution is 2.28. The van der Waals surface area contributed by atoms with Gasteiger partial charge in [-0.25, -0.2) is 4.98 Å². The number of benzene rings is 4. The standard InChI is InChI=1S/C30H23ClN4O4/c1-38-27-17-20(11-16-26(27)39-19-28(36)33-23-14-12-22(31)13-15-23)18-32-35-29(21-7-3-2-4-8-21)34-25-10-6-5-9-24(25)30(35)37/h2-18H,19H2,1H3,(H,33,36). The summed E-state index contributed by atoms with van der Waals surface area (Å²) in [5.41, 5.74) is 2.34. The smallest absolute Gasteiger partial charge is 0.282 e. The first-order valence-corrected chi connectivity index (χ1v) is 12.4. The van der Waals surface area contributed by atoms with Gasteiger partial charge in [0.15, 0.2) is 23.9 Å². The highest BCUT2D eigenvalue weighted by molar-refractivity contribution is 6.30. The fraction of sp³-hybridized carbons (Fsp3) is 0.0667. The predicted octanol–water partition coefficient (Wildman–Crippen LogP) is 5.63. The lowest BCUT2D eigenvalue weighted by molar-refractivity contribution is -0.118. The van der Waals surface area contributed by atoms with E-state index in [0.29, 0.717) is 44.5 Å². The predicted molar refractivity (Wildman–Crippen MR) is 153 cm³/mol. The maximum atomic E-state index is 13.3. The Bertz CT molecular complexity index is 1720. The quantitative estimate of drug-likeness (QED) is 0.259. The molecule has 5 rings (SSSR count). The molecule has 0 aliphatic heterocycles. The second kappa shape index (κ2) is 11.6. The van der Waals surface area contributed by atoms with Gasteiger partial charge in [-0.3, -0.25) is 9.59 Å². The third kappa shape index (κ3) is 5.97. The molecule has 39 heavy (non-hydrogen) atoms. The molecule has 194 valence electrons. The van der Waals surface area contributed by atoms with Crippen molar-refractivity contribution >= 4 is 40.3 Å². The van der Waals surface area contributed by atoms with Crippen LogP contribution in [0.3, 0.4) is 0 Å². The van der Waals surface area contributed by atoms with Gasteiger partial charge in [0.05, 0.1) is 24.2 Å². The molecule has 0 aliphatic carbocycles. The molecule has 0 unspecified atom stereocenters. The summed E-state index contributed by atoms with van der Waals surface area (Å²) in [7, 11) is 1.50. The van der Waals surface area contributed by atoms with Gasteiger partial charge in [0.1, 0.15) is 0 Å². The van der Waals surface area contributed by atoms with Gasteiger partial charge in [-0.15, -0.1) is 0 Å². The summed E-state index contributed by atoms with van der Waals surface area (Å²) in [6.07, 6.45) is 1.55. The Morgan fingerprint density at radius 2 is 1.72 bits per heavy atom. The molecule has 0 aliphatic rings. The molecule has 4 aromatic carbocycles. The van der Waals surface area contributed by atoms with Gasteiger partial charge >= 0.3 is 0 Å². The minimum atomic E-state index is -0.332. The number of methoxy groups -OCH3 is 1. The van der Waals surface area contributed by atoms with Crippen molar-refractivity contribution in [2.75, 3.05) is 19.0 Å². The van der Waals surface area contributed by atoms with E-state index in [-0.39, 0.29) is 18.1 Å². The fourth-order valence-corrected chi connectivity index (χ4v) is 4.01. The number of hydrogen-bond donors (Lipinski definition) is 1. The van der Waals surface area contributed by atoms with Gasteiger partial charge in [0.25, 0.3) is 11.5 Å². The average molecular weight is 539 g/mol. The van der Waals surface area contributed by atoms with Crippen LogP contribution in [0, 0.1) is 0 Å². The van der Waals surface area contributed by atoms with E-state index in [0.717, 1.165) is 5.56 Å². The Morgan fingerprint density at radius 1 is 0.974 bits per heavy atom. The Morgan fingerprint density at radius 3 is 2.49 bits per heavy atom. The van der Waals surface area contributed by atoms with Crippen molar-refractivity contribution in [2.45, 2.75) is 0 Å². The largest absolute Gasteiger partial charge is 0.493 e. The number of nitrogens with one attached hydrogen (secondary N) is 1. The normalized spacial score (nSPS) is 11.0. The summed E-state index contributed by atoms with van der Waals surface area (Å²) in [5, 5.41) is 8.27. The van der Waals surface area contributed by atoms with Crippen LogP contribution in [0.4, 0.5) is 5.69 Å². The lowest BCUT2D eigenvalue weighted by Crippen LogP contribution is -2.20. The van der Waals surface area contributed by atoms with E-state index >= 15 is 0 Å². The van der Waals surface area contributed by atoms with Gasteiger partial charge in [0, 0.05) is 16.3 Å². The van der Waals surface area contributed by atoms with Crippen LogP contribution in [0.5, 0.6) is 11.5 Å². The van der Waals surface area contributed by atoms with Crippen molar-refractivity contribution < 1.29 is 14.3 Å². The SMILES string of the molecule is COc1cc(C=Nn2c(-c3ccccc3)nc3ccccc3c2=O)ccc1OCC(=O)Nc1ccc(Cl)cc1. The zero-order valence-corrected chi connectivity index (χ0v) is 21.6. The molecule has 0 radical (unpaired) electrons. The first kappa shape index (κ1) is 25.7. The summed E-state index contributed by atoms with van der Waals surface area (Å²) < 4.78 is 12.4. The second-order valence-electron chi connectivity index (χ2n) is 8.43. The molecule has 1 amide bonds. The number of carbonyl (C=O) groups is 1. The van der Waals surface area contributed by atoms with Crippen molar-refractivity contribution in [2.24, 2.45) is 5.10 Å². The number of carbonyl (C=O) groups excluding carboxylic acids is 1. The van der Waals surface area contributed by atoms with Crippen molar-refractivity contribution in [3.8, 4) is 22.9 Å². The molecule has 0 saturated carbocycles. The Labute approximate surface area is 229 Å². The van der Waals surface area contributed by atoms with Crippen LogP contribution in [-0.2, 0) is 4.79 Å². The van der Waals surface area contributed by atoms with Crippen LogP contribution in [0.15, 0.2) is 107 Å². The van der Waals surface area contributed by atoms with E-state index in [1.165, 1.54) is 11.8 Å².